The molecule has 1 fully saturated rings. The molecule has 3 rings (SSSR count). The van der Waals surface area contributed by atoms with Crippen molar-refractivity contribution in [1.29, 1.82) is 0 Å². The van der Waals surface area contributed by atoms with Gasteiger partial charge < -0.3 is 0 Å². The van der Waals surface area contributed by atoms with E-state index < -0.39 is 23.9 Å². The lowest BCUT2D eigenvalue weighted by molar-refractivity contribution is -0.144. The van der Waals surface area contributed by atoms with Crippen LogP contribution in [0.25, 0.3) is 0 Å². The number of nitrogens with one attached hydrogen (secondary N) is 2. The highest BCUT2D eigenvalue weighted by molar-refractivity contribution is 5.93. The zero-order valence-electron chi connectivity index (χ0n) is 11.0. The standard InChI is InChI=1S/C13H10F4N4O/c14-7-3-1-6(2-4-7)8-5-9(8)10(22)18-12-19-11(20-21-12)13(15,16)17/h1-4,8-9H,5H2,(H2,18,19,20,21,22). The van der Waals surface area contributed by atoms with Crippen molar-refractivity contribution in [2.24, 2.45) is 5.92 Å². The van der Waals surface area contributed by atoms with Crippen molar-refractivity contribution in [3.8, 4) is 0 Å². The number of halogens is 4. The largest absolute Gasteiger partial charge is 0.451 e. The molecule has 5 nitrogen and oxygen atoms in total. The number of benzene rings is 1. The van der Waals surface area contributed by atoms with Crippen molar-refractivity contribution in [2.45, 2.75) is 18.5 Å². The summed E-state index contributed by atoms with van der Waals surface area (Å²) in [6.07, 6.45) is -4.10. The Bertz CT molecular complexity index is 695. The molecule has 1 aliphatic rings. The molecule has 1 amide bonds. The maximum atomic E-state index is 12.8. The highest BCUT2D eigenvalue weighted by Crippen LogP contribution is 2.47. The van der Waals surface area contributed by atoms with Gasteiger partial charge in [0.2, 0.25) is 17.7 Å². The smallest absolute Gasteiger partial charge is 0.293 e. The number of anilines is 1. The minimum atomic E-state index is -4.65. The van der Waals surface area contributed by atoms with E-state index in [9.17, 15) is 22.4 Å². The van der Waals surface area contributed by atoms with Crippen molar-refractivity contribution in [1.82, 2.24) is 15.2 Å². The van der Waals surface area contributed by atoms with Gasteiger partial charge in [-0.1, -0.05) is 12.1 Å². The van der Waals surface area contributed by atoms with E-state index in [1.165, 1.54) is 12.1 Å². The van der Waals surface area contributed by atoms with Gasteiger partial charge in [0.1, 0.15) is 5.82 Å². The normalized spacial score (nSPS) is 20.7. The molecule has 0 bridgehead atoms. The molecule has 1 aromatic carbocycles. The number of nitrogens with zero attached hydrogens (tertiary/aromatic N) is 2. The van der Waals surface area contributed by atoms with E-state index in [0.717, 1.165) is 5.56 Å². The topological polar surface area (TPSA) is 70.7 Å². The molecular weight excluding hydrogens is 304 g/mol. The number of rotatable bonds is 3. The van der Waals surface area contributed by atoms with Crippen LogP contribution in [0.2, 0.25) is 0 Å². The van der Waals surface area contributed by atoms with Crippen molar-refractivity contribution in [2.75, 3.05) is 5.32 Å². The fourth-order valence-corrected chi connectivity index (χ4v) is 2.21. The van der Waals surface area contributed by atoms with Crippen LogP contribution in [-0.2, 0) is 11.0 Å². The number of hydrogen-bond donors (Lipinski definition) is 2. The molecule has 2 aromatic rings. The Morgan fingerprint density at radius 3 is 2.55 bits per heavy atom. The summed E-state index contributed by atoms with van der Waals surface area (Å²) in [4.78, 5) is 15.1. The van der Waals surface area contributed by atoms with E-state index in [0.29, 0.717) is 6.42 Å². The summed E-state index contributed by atoms with van der Waals surface area (Å²) in [5.41, 5.74) is 0.813. The summed E-state index contributed by atoms with van der Waals surface area (Å²) in [6.45, 7) is 0. The summed E-state index contributed by atoms with van der Waals surface area (Å²) in [7, 11) is 0. The second kappa shape index (κ2) is 5.08. The predicted octanol–water partition coefficient (Wildman–Crippen LogP) is 2.70. The van der Waals surface area contributed by atoms with Crippen molar-refractivity contribution in [3.05, 3.63) is 41.5 Å². The van der Waals surface area contributed by atoms with E-state index in [4.69, 9.17) is 0 Å². The molecule has 2 N–H and O–H groups in total. The fourth-order valence-electron chi connectivity index (χ4n) is 2.21. The molecule has 1 saturated carbocycles. The number of H-pyrrole nitrogens is 1. The quantitative estimate of drug-likeness (QED) is 0.856. The van der Waals surface area contributed by atoms with E-state index in [1.807, 2.05) is 0 Å². The Balaban J connectivity index is 1.62. The van der Waals surface area contributed by atoms with Gasteiger partial charge in [-0.25, -0.2) is 4.39 Å². The van der Waals surface area contributed by atoms with E-state index in [-0.39, 0.29) is 17.7 Å². The highest BCUT2D eigenvalue weighted by Gasteiger charge is 2.44. The molecule has 9 heteroatoms. The molecule has 1 heterocycles. The second-order valence-electron chi connectivity index (χ2n) is 4.99. The lowest BCUT2D eigenvalue weighted by Gasteiger charge is -2.01. The first-order valence-corrected chi connectivity index (χ1v) is 6.40. The fraction of sp³-hybridized carbons (Fsp3) is 0.308. The van der Waals surface area contributed by atoms with Crippen LogP contribution in [-0.4, -0.2) is 21.1 Å². The molecule has 2 unspecified atom stereocenters. The SMILES string of the molecule is O=C(Nc1n[nH]c(C(F)(F)F)n1)C1CC1c1ccc(F)cc1. The summed E-state index contributed by atoms with van der Waals surface area (Å²) < 4.78 is 49.9. The van der Waals surface area contributed by atoms with Crippen LogP contribution in [0.5, 0.6) is 0 Å². The van der Waals surface area contributed by atoms with Crippen LogP contribution in [0, 0.1) is 11.7 Å². The van der Waals surface area contributed by atoms with Gasteiger partial charge in [0, 0.05) is 5.92 Å². The maximum Gasteiger partial charge on any atom is 0.451 e. The Hall–Kier alpha value is -2.45. The van der Waals surface area contributed by atoms with Crippen molar-refractivity contribution < 1.29 is 22.4 Å². The highest BCUT2D eigenvalue weighted by atomic mass is 19.4. The number of carbonyl (C=O) groups is 1. The predicted molar refractivity (Wildman–Crippen MR) is 67.3 cm³/mol. The molecule has 0 aliphatic heterocycles. The van der Waals surface area contributed by atoms with Gasteiger partial charge in [0.05, 0.1) is 0 Å². The number of carbonyl (C=O) groups excluding carboxylic acids is 1. The Labute approximate surface area is 121 Å². The molecule has 116 valence electrons. The van der Waals surface area contributed by atoms with Gasteiger partial charge in [0.25, 0.3) is 0 Å². The number of alkyl halides is 3. The zero-order chi connectivity index (χ0) is 15.9. The van der Waals surface area contributed by atoms with Gasteiger partial charge in [-0.05, 0) is 30.0 Å². The monoisotopic (exact) mass is 314 g/mol. The summed E-state index contributed by atoms with van der Waals surface area (Å²) in [5, 5.41) is 7.26. The third kappa shape index (κ3) is 2.92. The average molecular weight is 314 g/mol. The van der Waals surface area contributed by atoms with E-state index in [1.54, 1.807) is 17.2 Å². The Morgan fingerprint density at radius 2 is 1.95 bits per heavy atom. The maximum absolute atomic E-state index is 12.8. The number of hydrogen-bond acceptors (Lipinski definition) is 3. The van der Waals surface area contributed by atoms with Crippen LogP contribution in [0.4, 0.5) is 23.5 Å². The summed E-state index contributed by atoms with van der Waals surface area (Å²) in [5.74, 6) is -2.96. The summed E-state index contributed by atoms with van der Waals surface area (Å²) >= 11 is 0. The van der Waals surface area contributed by atoms with Gasteiger partial charge in [-0.3, -0.25) is 15.2 Å². The first kappa shape index (κ1) is 14.5. The van der Waals surface area contributed by atoms with Crippen LogP contribution in [0.3, 0.4) is 0 Å². The second-order valence-corrected chi connectivity index (χ2v) is 4.99. The number of amides is 1. The number of aromatic amines is 1. The molecule has 0 radical (unpaired) electrons. The minimum absolute atomic E-state index is 0.0679. The first-order valence-electron chi connectivity index (χ1n) is 6.40. The third-order valence-electron chi connectivity index (χ3n) is 3.41. The van der Waals surface area contributed by atoms with Crippen LogP contribution in [0.1, 0.15) is 23.7 Å². The van der Waals surface area contributed by atoms with Gasteiger partial charge in [0.15, 0.2) is 0 Å². The molecule has 1 aromatic heterocycles. The molecule has 22 heavy (non-hydrogen) atoms. The first-order chi connectivity index (χ1) is 10.3. The van der Waals surface area contributed by atoms with Crippen LogP contribution < -0.4 is 5.32 Å². The van der Waals surface area contributed by atoms with Gasteiger partial charge in [-0.15, -0.1) is 5.10 Å². The van der Waals surface area contributed by atoms with E-state index >= 15 is 0 Å². The van der Waals surface area contributed by atoms with Crippen molar-refractivity contribution in [3.63, 3.8) is 0 Å². The third-order valence-corrected chi connectivity index (χ3v) is 3.41. The lowest BCUT2D eigenvalue weighted by atomic mass is 10.1. The lowest BCUT2D eigenvalue weighted by Crippen LogP contribution is -2.16. The molecule has 2 atom stereocenters. The Kier molecular flexibility index (Phi) is 3.34. The minimum Gasteiger partial charge on any atom is -0.293 e. The number of aromatic nitrogens is 3. The van der Waals surface area contributed by atoms with Crippen LogP contribution >= 0.6 is 0 Å². The molecule has 1 aliphatic carbocycles. The molecular formula is C13H10F4N4O. The average Bonchev–Trinajstić information content (AvgIpc) is 3.10. The zero-order valence-corrected chi connectivity index (χ0v) is 11.0. The van der Waals surface area contributed by atoms with E-state index in [2.05, 4.69) is 15.4 Å². The Morgan fingerprint density at radius 1 is 1.27 bits per heavy atom. The van der Waals surface area contributed by atoms with Gasteiger partial charge >= 0.3 is 6.18 Å². The molecule has 0 saturated heterocycles. The van der Waals surface area contributed by atoms with Crippen molar-refractivity contribution >= 4 is 11.9 Å². The van der Waals surface area contributed by atoms with Gasteiger partial charge in [-0.2, -0.15) is 18.2 Å². The molecule has 0 spiro atoms. The summed E-state index contributed by atoms with van der Waals surface area (Å²) in [6, 6.07) is 5.77. The van der Waals surface area contributed by atoms with Crippen LogP contribution in [0.15, 0.2) is 24.3 Å².